The summed E-state index contributed by atoms with van der Waals surface area (Å²) in [6, 6.07) is 14.3. The van der Waals surface area contributed by atoms with Gasteiger partial charge in [-0.2, -0.15) is 0 Å². The molecule has 0 radical (unpaired) electrons. The summed E-state index contributed by atoms with van der Waals surface area (Å²) in [6.07, 6.45) is 0.945. The zero-order valence-electron chi connectivity index (χ0n) is 18.0. The number of phenols is 1. The molecule has 1 aliphatic rings. The Labute approximate surface area is 196 Å². The molecule has 1 aromatic heterocycles. The molecule has 1 fully saturated rings. The van der Waals surface area contributed by atoms with Crippen LogP contribution in [0, 0.1) is 3.82 Å². The minimum Gasteiger partial charge on any atom is -0.508 e. The molecule has 3 aromatic rings. The van der Waals surface area contributed by atoms with E-state index in [4.69, 9.17) is 17.0 Å². The molecule has 1 N–H and O–H groups in total. The van der Waals surface area contributed by atoms with Gasteiger partial charge < -0.3 is 9.84 Å². The Hall–Kier alpha value is -1.77. The molecule has 1 saturated heterocycles. The van der Waals surface area contributed by atoms with E-state index in [0.717, 1.165) is 60.8 Å². The van der Waals surface area contributed by atoms with Gasteiger partial charge in [-0.25, -0.2) is 0 Å². The first kappa shape index (κ1) is 22.4. The zero-order valence-corrected chi connectivity index (χ0v) is 20.4. The number of methoxy groups -OCH3 is 1. The summed E-state index contributed by atoms with van der Waals surface area (Å²) >= 11 is 5.49. The van der Waals surface area contributed by atoms with E-state index in [1.807, 2.05) is 24.3 Å². The van der Waals surface area contributed by atoms with Crippen molar-refractivity contribution in [3.05, 3.63) is 63.0 Å². The summed E-state index contributed by atoms with van der Waals surface area (Å²) in [6.45, 7) is 7.93. The van der Waals surface area contributed by atoms with E-state index in [1.165, 1.54) is 21.6 Å². The summed E-state index contributed by atoms with van der Waals surface area (Å²) in [5.74, 6) is 1.27. The highest BCUT2D eigenvalue weighted by Crippen LogP contribution is 2.37. The molecule has 4 nitrogen and oxygen atoms in total. The summed E-state index contributed by atoms with van der Waals surface area (Å²) < 4.78 is 6.24. The second kappa shape index (κ2) is 10.2. The lowest BCUT2D eigenvalue weighted by Crippen LogP contribution is -2.45. The van der Waals surface area contributed by atoms with E-state index >= 15 is 0 Å². The molecular formula is C24H28N2O2S3. The van der Waals surface area contributed by atoms with Crippen LogP contribution in [-0.2, 0) is 19.5 Å². The Morgan fingerprint density at radius 1 is 0.968 bits per heavy atom. The maximum absolute atomic E-state index is 10.5. The second-order valence-electron chi connectivity index (χ2n) is 7.86. The third-order valence-corrected chi connectivity index (χ3v) is 9.03. The quantitative estimate of drug-likeness (QED) is 0.347. The first-order valence-electron chi connectivity index (χ1n) is 10.6. The van der Waals surface area contributed by atoms with Crippen molar-refractivity contribution in [2.75, 3.05) is 33.3 Å². The van der Waals surface area contributed by atoms with Crippen molar-refractivity contribution >= 4 is 32.9 Å². The first-order chi connectivity index (χ1) is 15.1. The van der Waals surface area contributed by atoms with Crippen molar-refractivity contribution < 1.29 is 9.84 Å². The summed E-state index contributed by atoms with van der Waals surface area (Å²) in [4.78, 5) is 6.17. The van der Waals surface area contributed by atoms with E-state index < -0.39 is 0 Å². The van der Waals surface area contributed by atoms with Gasteiger partial charge in [0.25, 0.3) is 0 Å². The van der Waals surface area contributed by atoms with Crippen molar-refractivity contribution in [2.24, 2.45) is 0 Å². The largest absolute Gasteiger partial charge is 0.508 e. The number of piperazine rings is 1. The number of phenolic OH excluding ortho intramolecular Hbond substituents is 1. The SMILES string of the molecule is CCc1c(-c2ccc(O)c(CN3CCN(Cc4ccc(OC)cc4)CC3)c2)ssc1=S. The standard InChI is InChI=1S/C24H28N2O2S3/c1-3-21-23(30-31-24(21)29)18-6-9-22(27)19(14-18)16-26-12-10-25(11-13-26)15-17-4-7-20(28-2)8-5-17/h4-9,14,27H,3,10-13,15-16H2,1-2H3. The van der Waals surface area contributed by atoms with Crippen LogP contribution in [0.2, 0.25) is 0 Å². The predicted octanol–water partition coefficient (Wildman–Crippen LogP) is 5.80. The molecule has 0 spiro atoms. The highest BCUT2D eigenvalue weighted by atomic mass is 32.9. The van der Waals surface area contributed by atoms with E-state index in [0.29, 0.717) is 5.75 Å². The van der Waals surface area contributed by atoms with Crippen LogP contribution in [-0.4, -0.2) is 48.2 Å². The minimum absolute atomic E-state index is 0.376. The Kier molecular flexibility index (Phi) is 7.40. The number of rotatable bonds is 7. The van der Waals surface area contributed by atoms with Crippen LogP contribution in [0.3, 0.4) is 0 Å². The highest BCUT2D eigenvalue weighted by Gasteiger charge is 2.19. The molecule has 0 atom stereocenters. The second-order valence-corrected chi connectivity index (χ2v) is 10.7. The maximum atomic E-state index is 10.5. The van der Waals surface area contributed by atoms with Crippen molar-refractivity contribution in [3.63, 3.8) is 0 Å². The fourth-order valence-corrected chi connectivity index (χ4v) is 7.12. The predicted molar refractivity (Wildman–Crippen MR) is 133 cm³/mol. The van der Waals surface area contributed by atoms with Gasteiger partial charge in [0.15, 0.2) is 0 Å². The topological polar surface area (TPSA) is 35.9 Å². The fraction of sp³-hybridized carbons (Fsp3) is 0.375. The summed E-state index contributed by atoms with van der Waals surface area (Å²) in [7, 11) is 5.11. The monoisotopic (exact) mass is 472 g/mol. The maximum Gasteiger partial charge on any atom is 0.120 e. The van der Waals surface area contributed by atoms with Gasteiger partial charge in [-0.15, -0.1) is 0 Å². The van der Waals surface area contributed by atoms with Gasteiger partial charge in [0.1, 0.15) is 15.3 Å². The molecule has 0 aliphatic carbocycles. The number of nitrogens with zero attached hydrogens (tertiary/aromatic N) is 2. The van der Waals surface area contributed by atoms with Crippen LogP contribution in [0.25, 0.3) is 10.4 Å². The third kappa shape index (κ3) is 5.35. The lowest BCUT2D eigenvalue weighted by Gasteiger charge is -2.35. The van der Waals surface area contributed by atoms with Crippen molar-refractivity contribution in [1.82, 2.24) is 9.80 Å². The van der Waals surface area contributed by atoms with E-state index in [-0.39, 0.29) is 0 Å². The molecule has 0 unspecified atom stereocenters. The van der Waals surface area contributed by atoms with E-state index in [1.54, 1.807) is 27.8 Å². The van der Waals surface area contributed by atoms with Crippen LogP contribution >= 0.6 is 32.9 Å². The van der Waals surface area contributed by atoms with Crippen LogP contribution in [0.5, 0.6) is 11.5 Å². The summed E-state index contributed by atoms with van der Waals surface area (Å²) in [5.41, 5.74) is 4.73. The number of hydrogen-bond donors (Lipinski definition) is 1. The van der Waals surface area contributed by atoms with E-state index in [9.17, 15) is 5.11 Å². The number of aromatic hydroxyl groups is 1. The molecule has 0 bridgehead atoms. The Morgan fingerprint density at radius 2 is 1.65 bits per heavy atom. The highest BCUT2D eigenvalue weighted by molar-refractivity contribution is 7.80. The lowest BCUT2D eigenvalue weighted by atomic mass is 10.0. The van der Waals surface area contributed by atoms with Gasteiger partial charge in [-0.05, 0) is 53.4 Å². The molecular weight excluding hydrogens is 444 g/mol. The molecule has 4 rings (SSSR count). The van der Waals surface area contributed by atoms with Gasteiger partial charge >= 0.3 is 0 Å². The smallest absolute Gasteiger partial charge is 0.120 e. The lowest BCUT2D eigenvalue weighted by molar-refractivity contribution is 0.121. The van der Waals surface area contributed by atoms with Gasteiger partial charge in [0.2, 0.25) is 0 Å². The minimum atomic E-state index is 0.376. The molecule has 0 amide bonds. The zero-order chi connectivity index (χ0) is 21.8. The van der Waals surface area contributed by atoms with Crippen molar-refractivity contribution in [1.29, 1.82) is 0 Å². The Morgan fingerprint density at radius 3 is 2.29 bits per heavy atom. The third-order valence-electron chi connectivity index (χ3n) is 5.84. The van der Waals surface area contributed by atoms with Gasteiger partial charge in [-0.1, -0.05) is 52.0 Å². The van der Waals surface area contributed by atoms with Gasteiger partial charge in [0, 0.05) is 44.8 Å². The van der Waals surface area contributed by atoms with Crippen LogP contribution in [0.1, 0.15) is 23.6 Å². The van der Waals surface area contributed by atoms with Gasteiger partial charge in [0.05, 0.1) is 12.0 Å². The summed E-state index contributed by atoms with van der Waals surface area (Å²) in [5, 5.41) is 10.5. The van der Waals surface area contributed by atoms with Crippen LogP contribution < -0.4 is 4.74 Å². The molecule has 0 saturated carbocycles. The van der Waals surface area contributed by atoms with E-state index in [2.05, 4.69) is 34.9 Å². The molecule has 1 aliphatic heterocycles. The average Bonchev–Trinajstić information content (AvgIpc) is 3.17. The molecule has 2 heterocycles. The van der Waals surface area contributed by atoms with Crippen LogP contribution in [0.4, 0.5) is 0 Å². The van der Waals surface area contributed by atoms with Crippen LogP contribution in [0.15, 0.2) is 42.5 Å². The van der Waals surface area contributed by atoms with Crippen molar-refractivity contribution in [3.8, 4) is 21.9 Å². The first-order valence-corrected chi connectivity index (χ1v) is 13.1. The molecule has 2 aromatic carbocycles. The fourth-order valence-electron chi connectivity index (χ4n) is 3.99. The Balaban J connectivity index is 1.38. The molecule has 164 valence electrons. The number of ether oxygens (including phenoxy) is 1. The molecule has 7 heteroatoms. The average molecular weight is 473 g/mol. The number of hydrogen-bond acceptors (Lipinski definition) is 7. The van der Waals surface area contributed by atoms with Gasteiger partial charge in [-0.3, -0.25) is 9.80 Å². The Bertz CT molecular complexity index is 1070. The molecule has 31 heavy (non-hydrogen) atoms. The van der Waals surface area contributed by atoms with Crippen molar-refractivity contribution in [2.45, 2.75) is 26.4 Å². The normalized spacial score (nSPS) is 15.3. The number of benzene rings is 2.